The maximum atomic E-state index is 14.8. The summed E-state index contributed by atoms with van der Waals surface area (Å²) in [4.78, 5) is 0. The van der Waals surface area contributed by atoms with Crippen molar-refractivity contribution in [2.45, 2.75) is 32.3 Å². The number of rotatable bonds is 7. The number of unbranched alkanes of at least 4 members (excludes halogenated alkanes) is 1. The number of ether oxygens (including phenoxy) is 1. The molecule has 4 rings (SSSR count). The lowest BCUT2D eigenvalue weighted by Crippen LogP contribution is -2.23. The van der Waals surface area contributed by atoms with Crippen molar-refractivity contribution in [3.8, 4) is 28.7 Å². The van der Waals surface area contributed by atoms with Crippen LogP contribution in [0.4, 0.5) is 35.1 Å². The van der Waals surface area contributed by atoms with Gasteiger partial charge in [0.2, 0.25) is 0 Å². The van der Waals surface area contributed by atoms with Crippen LogP contribution in [-0.2, 0) is 12.5 Å². The van der Waals surface area contributed by atoms with Gasteiger partial charge in [-0.25, -0.2) is 26.3 Å². The maximum Gasteiger partial charge on any atom is 0.429 e. The number of alkyl halides is 2. The maximum absolute atomic E-state index is 14.8. The van der Waals surface area contributed by atoms with Crippen molar-refractivity contribution in [3.05, 3.63) is 124 Å². The zero-order chi connectivity index (χ0) is 29.0. The second kappa shape index (κ2) is 11.8. The van der Waals surface area contributed by atoms with E-state index in [9.17, 15) is 35.1 Å². The summed E-state index contributed by atoms with van der Waals surface area (Å²) < 4.78 is 118. The lowest BCUT2D eigenvalue weighted by atomic mass is 9.99. The quantitative estimate of drug-likeness (QED) is 0.125. The van der Waals surface area contributed by atoms with Gasteiger partial charge in [-0.05, 0) is 66.4 Å². The van der Waals surface area contributed by atoms with Gasteiger partial charge in [0.25, 0.3) is 0 Å². The number of halogens is 8. The van der Waals surface area contributed by atoms with Gasteiger partial charge in [-0.3, -0.25) is 0 Å². The average Bonchev–Trinajstić information content (AvgIpc) is 2.89. The van der Waals surface area contributed by atoms with E-state index in [4.69, 9.17) is 0 Å². The second-order valence-corrected chi connectivity index (χ2v) is 8.88. The van der Waals surface area contributed by atoms with E-state index in [0.717, 1.165) is 48.7 Å². The third-order valence-electron chi connectivity index (χ3n) is 5.96. The van der Waals surface area contributed by atoms with Crippen molar-refractivity contribution < 1.29 is 39.9 Å². The van der Waals surface area contributed by atoms with Crippen LogP contribution in [0.5, 0.6) is 5.75 Å². The molecule has 0 radical (unpaired) electrons. The fraction of sp³-hybridized carbons (Fsp3) is 0.161. The van der Waals surface area contributed by atoms with Gasteiger partial charge in [0.15, 0.2) is 17.5 Å². The van der Waals surface area contributed by atoms with Crippen LogP contribution in [0.3, 0.4) is 0 Å². The number of hydrogen-bond donors (Lipinski definition) is 0. The van der Waals surface area contributed by atoms with Gasteiger partial charge >= 0.3 is 6.11 Å². The first kappa shape index (κ1) is 28.7. The molecule has 0 atom stereocenters. The predicted octanol–water partition coefficient (Wildman–Crippen LogP) is 9.06. The minimum absolute atomic E-state index is 0.0415. The molecule has 0 saturated heterocycles. The van der Waals surface area contributed by atoms with Crippen LogP contribution in [0.25, 0.3) is 11.1 Å². The molecule has 40 heavy (non-hydrogen) atoms. The molecule has 0 spiro atoms. The fourth-order valence-electron chi connectivity index (χ4n) is 3.88. The van der Waals surface area contributed by atoms with Crippen LogP contribution in [0, 0.1) is 46.7 Å². The minimum Gasteiger partial charge on any atom is -0.429 e. The predicted molar refractivity (Wildman–Crippen MR) is 134 cm³/mol. The highest BCUT2D eigenvalue weighted by Crippen LogP contribution is 2.36. The Morgan fingerprint density at radius 3 is 2.05 bits per heavy atom. The van der Waals surface area contributed by atoms with Gasteiger partial charge in [0.1, 0.15) is 23.2 Å². The monoisotopic (exact) mass is 560 g/mol. The fourth-order valence-corrected chi connectivity index (χ4v) is 3.88. The molecule has 0 saturated carbocycles. The van der Waals surface area contributed by atoms with Crippen LogP contribution in [-0.4, -0.2) is 0 Å². The summed E-state index contributed by atoms with van der Waals surface area (Å²) in [6, 6.07) is 10.8. The zero-order valence-corrected chi connectivity index (χ0v) is 20.9. The van der Waals surface area contributed by atoms with Gasteiger partial charge < -0.3 is 4.74 Å². The molecule has 206 valence electrons. The second-order valence-electron chi connectivity index (χ2n) is 8.88. The Morgan fingerprint density at radius 1 is 0.700 bits per heavy atom. The lowest BCUT2D eigenvalue weighted by molar-refractivity contribution is -0.187. The molecule has 1 nitrogen and oxygen atoms in total. The van der Waals surface area contributed by atoms with Crippen molar-refractivity contribution in [1.29, 1.82) is 0 Å². The van der Waals surface area contributed by atoms with E-state index in [0.29, 0.717) is 24.6 Å². The third-order valence-corrected chi connectivity index (χ3v) is 5.96. The summed E-state index contributed by atoms with van der Waals surface area (Å²) in [6.07, 6.45) is -1.75. The Morgan fingerprint density at radius 2 is 1.43 bits per heavy atom. The lowest BCUT2D eigenvalue weighted by Gasteiger charge is -2.19. The molecule has 0 heterocycles. The van der Waals surface area contributed by atoms with Crippen molar-refractivity contribution in [3.63, 3.8) is 0 Å². The molecule has 0 unspecified atom stereocenters. The summed E-state index contributed by atoms with van der Waals surface area (Å²) in [6.45, 7) is 2.00. The van der Waals surface area contributed by atoms with Crippen LogP contribution in [0.1, 0.15) is 42.0 Å². The molecule has 0 aromatic heterocycles. The highest BCUT2D eigenvalue weighted by atomic mass is 19.3. The summed E-state index contributed by atoms with van der Waals surface area (Å²) in [5, 5.41) is 0. The van der Waals surface area contributed by atoms with Crippen molar-refractivity contribution in [2.24, 2.45) is 0 Å². The summed E-state index contributed by atoms with van der Waals surface area (Å²) in [7, 11) is 0. The Hall–Kier alpha value is -4.32. The Balaban J connectivity index is 1.52. The van der Waals surface area contributed by atoms with Crippen molar-refractivity contribution >= 4 is 0 Å². The SMILES string of the molecule is CCCCc1ccc(-c2ccc(C(F)(F)Oc3ccc(C#Cc4cc(F)c(F)c(F)c4)c(F)c3)c(F)c2)c(F)c1. The molecule has 0 bridgehead atoms. The first-order valence-electron chi connectivity index (χ1n) is 12.1. The number of aryl methyl sites for hydroxylation is 1. The van der Waals surface area contributed by atoms with Crippen LogP contribution >= 0.6 is 0 Å². The topological polar surface area (TPSA) is 9.23 Å². The molecule has 0 aliphatic carbocycles. The Bertz CT molecular complexity index is 1590. The molecule has 0 aliphatic rings. The van der Waals surface area contributed by atoms with Crippen LogP contribution < -0.4 is 4.74 Å². The van der Waals surface area contributed by atoms with E-state index in [1.54, 1.807) is 6.07 Å². The number of hydrogen-bond acceptors (Lipinski definition) is 1. The normalized spacial score (nSPS) is 11.2. The van der Waals surface area contributed by atoms with Gasteiger partial charge in [-0.1, -0.05) is 43.4 Å². The summed E-state index contributed by atoms with van der Waals surface area (Å²) in [5.74, 6) is -3.90. The zero-order valence-electron chi connectivity index (χ0n) is 20.9. The molecular formula is C31H20F8O. The molecule has 4 aromatic rings. The Kier molecular flexibility index (Phi) is 8.48. The first-order chi connectivity index (χ1) is 19.0. The summed E-state index contributed by atoms with van der Waals surface area (Å²) >= 11 is 0. The Labute approximate surface area is 225 Å². The molecular weight excluding hydrogens is 540 g/mol. The van der Waals surface area contributed by atoms with Gasteiger partial charge in [0.05, 0.1) is 11.1 Å². The molecule has 0 amide bonds. The molecule has 0 N–H and O–H groups in total. The van der Waals surface area contributed by atoms with Crippen molar-refractivity contribution in [1.82, 2.24) is 0 Å². The third kappa shape index (κ3) is 6.45. The van der Waals surface area contributed by atoms with E-state index in [2.05, 4.69) is 16.6 Å². The van der Waals surface area contributed by atoms with Gasteiger partial charge in [0, 0.05) is 17.2 Å². The van der Waals surface area contributed by atoms with Gasteiger partial charge in [-0.2, -0.15) is 8.78 Å². The molecule has 0 fully saturated rings. The minimum atomic E-state index is -4.23. The molecule has 9 heteroatoms. The van der Waals surface area contributed by atoms with E-state index in [1.165, 1.54) is 12.1 Å². The van der Waals surface area contributed by atoms with Crippen molar-refractivity contribution in [2.75, 3.05) is 0 Å². The smallest absolute Gasteiger partial charge is 0.429 e. The highest BCUT2D eigenvalue weighted by Gasteiger charge is 2.38. The van der Waals surface area contributed by atoms with Gasteiger partial charge in [-0.15, -0.1) is 0 Å². The molecule has 4 aromatic carbocycles. The van der Waals surface area contributed by atoms with E-state index in [1.807, 2.05) is 6.92 Å². The number of benzene rings is 4. The van der Waals surface area contributed by atoms with E-state index in [-0.39, 0.29) is 22.3 Å². The molecule has 0 aliphatic heterocycles. The highest BCUT2D eigenvalue weighted by molar-refractivity contribution is 5.65. The summed E-state index contributed by atoms with van der Waals surface area (Å²) in [5.41, 5.74) is -0.914. The van der Waals surface area contributed by atoms with E-state index >= 15 is 0 Å². The largest absolute Gasteiger partial charge is 0.429 e. The first-order valence-corrected chi connectivity index (χ1v) is 12.1. The van der Waals surface area contributed by atoms with Crippen LogP contribution in [0.15, 0.2) is 66.7 Å². The standard InChI is InChI=1S/C31H20F8O/c1-2-3-4-18-6-11-23(26(33)13-18)21-9-12-24(27(34)16-21)31(38,39)40-22-10-8-20(25(32)17-22)7-5-19-14-28(35)30(37)29(36)15-19/h6,8-17H,2-4H2,1H3. The average molecular weight is 560 g/mol. The van der Waals surface area contributed by atoms with E-state index < -0.39 is 52.3 Å². The van der Waals surface area contributed by atoms with Crippen LogP contribution in [0.2, 0.25) is 0 Å².